The van der Waals surface area contributed by atoms with Crippen molar-refractivity contribution in [2.75, 3.05) is 5.88 Å². The normalized spacial score (nSPS) is 10.5. The minimum atomic E-state index is 0.656. The molecule has 0 bridgehead atoms. The molecule has 1 nitrogen and oxygen atoms in total. The molecule has 0 aliphatic rings. The van der Waals surface area contributed by atoms with Gasteiger partial charge in [0.05, 0.1) is 5.88 Å². The molecule has 0 saturated heterocycles. The van der Waals surface area contributed by atoms with Gasteiger partial charge in [0, 0.05) is 11.5 Å². The van der Waals surface area contributed by atoms with Crippen molar-refractivity contribution in [1.82, 2.24) is 0 Å². The summed E-state index contributed by atoms with van der Waals surface area (Å²) in [7, 11) is 0. The van der Waals surface area contributed by atoms with E-state index >= 15 is 0 Å². The van der Waals surface area contributed by atoms with Gasteiger partial charge in [0.2, 0.25) is 0 Å². The van der Waals surface area contributed by atoms with Gasteiger partial charge in [-0.25, -0.2) is 4.57 Å². The number of nitrogens with zero attached hydrogens (tertiary/aromatic N) is 1. The van der Waals surface area contributed by atoms with Crippen LogP contribution in [0.25, 0.3) is 10.8 Å². The molecule has 13 heavy (non-hydrogen) atoms. The minimum absolute atomic E-state index is 0.656. The van der Waals surface area contributed by atoms with Gasteiger partial charge in [-0.3, -0.25) is 0 Å². The Hall–Kier alpha value is -1.08. The molecule has 0 atom stereocenters. The molecule has 1 aromatic carbocycles. The smallest absolute Gasteiger partial charge is 0.176 e. The summed E-state index contributed by atoms with van der Waals surface area (Å²) in [5.74, 6) is 0.656. The van der Waals surface area contributed by atoms with E-state index in [1.807, 2.05) is 12.1 Å². The summed E-state index contributed by atoms with van der Waals surface area (Å²) in [6, 6.07) is 10.4. The minimum Gasteiger partial charge on any atom is -0.203 e. The van der Waals surface area contributed by atoms with Gasteiger partial charge in [0.25, 0.3) is 0 Å². The van der Waals surface area contributed by atoms with E-state index in [2.05, 4.69) is 35.2 Å². The first-order chi connectivity index (χ1) is 6.40. The van der Waals surface area contributed by atoms with Crippen LogP contribution in [0.3, 0.4) is 0 Å². The summed E-state index contributed by atoms with van der Waals surface area (Å²) in [6.07, 6.45) is 4.18. The maximum Gasteiger partial charge on any atom is 0.176 e. The molecule has 0 N–H and O–H groups in total. The number of benzene rings is 1. The van der Waals surface area contributed by atoms with Crippen LogP contribution in [-0.4, -0.2) is 5.88 Å². The van der Waals surface area contributed by atoms with Crippen molar-refractivity contribution >= 4 is 22.4 Å². The molecule has 0 saturated carbocycles. The molecule has 2 rings (SSSR count). The highest BCUT2D eigenvalue weighted by Gasteiger charge is 2.00. The van der Waals surface area contributed by atoms with Gasteiger partial charge in [0.15, 0.2) is 18.9 Å². The Morgan fingerprint density at radius 1 is 1.08 bits per heavy atom. The van der Waals surface area contributed by atoms with Crippen LogP contribution in [0.4, 0.5) is 0 Å². The van der Waals surface area contributed by atoms with E-state index in [4.69, 9.17) is 11.6 Å². The molecule has 0 radical (unpaired) electrons. The lowest BCUT2D eigenvalue weighted by molar-refractivity contribution is -0.691. The average Bonchev–Trinajstić information content (AvgIpc) is 2.18. The molecule has 0 aliphatic heterocycles. The van der Waals surface area contributed by atoms with E-state index in [0.717, 1.165) is 6.54 Å². The zero-order valence-corrected chi connectivity index (χ0v) is 8.04. The van der Waals surface area contributed by atoms with Crippen LogP contribution in [0.5, 0.6) is 0 Å². The van der Waals surface area contributed by atoms with Crippen molar-refractivity contribution in [3.05, 3.63) is 42.7 Å². The number of hydrogen-bond donors (Lipinski definition) is 0. The van der Waals surface area contributed by atoms with E-state index < -0.39 is 0 Å². The molecule has 0 spiro atoms. The maximum absolute atomic E-state index is 5.67. The zero-order valence-electron chi connectivity index (χ0n) is 7.28. The van der Waals surface area contributed by atoms with Gasteiger partial charge in [0.1, 0.15) is 0 Å². The molecular formula is C11H11ClN+. The van der Waals surface area contributed by atoms with E-state index in [-0.39, 0.29) is 0 Å². The number of pyridine rings is 1. The predicted molar refractivity (Wildman–Crippen MR) is 54.9 cm³/mol. The van der Waals surface area contributed by atoms with Crippen LogP contribution in [0, 0.1) is 0 Å². The van der Waals surface area contributed by atoms with Crippen LogP contribution < -0.4 is 4.57 Å². The standard InChI is InChI=1S/C11H11ClN/c12-6-8-13-7-5-10-3-1-2-4-11(10)9-13/h1-5,7,9H,6,8H2/q+1. The van der Waals surface area contributed by atoms with Crippen LogP contribution in [0.2, 0.25) is 0 Å². The lowest BCUT2D eigenvalue weighted by Gasteiger charge is -1.96. The van der Waals surface area contributed by atoms with E-state index in [1.54, 1.807) is 0 Å². The molecule has 0 amide bonds. The molecule has 0 fully saturated rings. The van der Waals surface area contributed by atoms with Gasteiger partial charge in [-0.05, 0) is 11.5 Å². The van der Waals surface area contributed by atoms with Crippen molar-refractivity contribution in [3.63, 3.8) is 0 Å². The Morgan fingerprint density at radius 2 is 1.85 bits per heavy atom. The van der Waals surface area contributed by atoms with Crippen molar-refractivity contribution in [3.8, 4) is 0 Å². The quantitative estimate of drug-likeness (QED) is 0.508. The molecule has 0 aliphatic carbocycles. The molecular weight excluding hydrogens is 182 g/mol. The van der Waals surface area contributed by atoms with E-state index in [9.17, 15) is 0 Å². The molecule has 2 heteroatoms. The predicted octanol–water partition coefficient (Wildman–Crippen LogP) is 2.37. The van der Waals surface area contributed by atoms with Gasteiger partial charge >= 0.3 is 0 Å². The molecule has 66 valence electrons. The Morgan fingerprint density at radius 3 is 2.62 bits per heavy atom. The van der Waals surface area contributed by atoms with Gasteiger partial charge in [-0.1, -0.05) is 18.2 Å². The number of aryl methyl sites for hydroxylation is 1. The van der Waals surface area contributed by atoms with E-state index in [1.165, 1.54) is 10.8 Å². The Kier molecular flexibility index (Phi) is 2.46. The second-order valence-corrected chi connectivity index (χ2v) is 3.38. The lowest BCUT2D eigenvalue weighted by atomic mass is 10.2. The summed E-state index contributed by atoms with van der Waals surface area (Å²) in [5.41, 5.74) is 0. The molecule has 1 aromatic heterocycles. The number of halogens is 1. The van der Waals surface area contributed by atoms with Crippen LogP contribution in [0.1, 0.15) is 0 Å². The number of hydrogen-bond acceptors (Lipinski definition) is 0. The third-order valence-corrected chi connectivity index (χ3v) is 2.26. The Bertz CT molecular complexity index is 412. The van der Waals surface area contributed by atoms with Gasteiger partial charge < -0.3 is 0 Å². The zero-order chi connectivity index (χ0) is 9.10. The first-order valence-corrected chi connectivity index (χ1v) is 4.87. The third-order valence-electron chi connectivity index (χ3n) is 2.09. The van der Waals surface area contributed by atoms with Crippen LogP contribution >= 0.6 is 11.6 Å². The Balaban J connectivity index is 2.49. The third kappa shape index (κ3) is 1.81. The highest BCUT2D eigenvalue weighted by Crippen LogP contribution is 2.09. The largest absolute Gasteiger partial charge is 0.203 e. The van der Waals surface area contributed by atoms with Crippen LogP contribution in [-0.2, 0) is 6.54 Å². The fourth-order valence-corrected chi connectivity index (χ4v) is 1.61. The number of alkyl halides is 1. The number of aromatic nitrogens is 1. The second kappa shape index (κ2) is 3.75. The summed E-state index contributed by atoms with van der Waals surface area (Å²) < 4.78 is 2.11. The maximum atomic E-state index is 5.67. The first-order valence-electron chi connectivity index (χ1n) is 4.34. The summed E-state index contributed by atoms with van der Waals surface area (Å²) in [6.45, 7) is 0.867. The number of fused-ring (bicyclic) bond motifs is 1. The molecule has 1 heterocycles. The second-order valence-electron chi connectivity index (χ2n) is 3.00. The highest BCUT2D eigenvalue weighted by molar-refractivity contribution is 6.17. The molecule has 2 aromatic rings. The highest BCUT2D eigenvalue weighted by atomic mass is 35.5. The lowest BCUT2D eigenvalue weighted by Crippen LogP contribution is -2.33. The summed E-state index contributed by atoms with van der Waals surface area (Å²) in [5, 5.41) is 2.53. The van der Waals surface area contributed by atoms with Crippen LogP contribution in [0.15, 0.2) is 42.7 Å². The van der Waals surface area contributed by atoms with E-state index in [0.29, 0.717) is 5.88 Å². The number of rotatable bonds is 2. The summed E-state index contributed by atoms with van der Waals surface area (Å²) >= 11 is 5.67. The van der Waals surface area contributed by atoms with Crippen molar-refractivity contribution < 1.29 is 4.57 Å². The topological polar surface area (TPSA) is 3.88 Å². The monoisotopic (exact) mass is 192 g/mol. The van der Waals surface area contributed by atoms with Crippen molar-refractivity contribution in [2.45, 2.75) is 6.54 Å². The SMILES string of the molecule is ClCC[n+]1ccc2ccccc2c1. The van der Waals surface area contributed by atoms with Gasteiger partial charge in [-0.2, -0.15) is 0 Å². The summed E-state index contributed by atoms with van der Waals surface area (Å²) in [4.78, 5) is 0. The van der Waals surface area contributed by atoms with Crippen molar-refractivity contribution in [1.29, 1.82) is 0 Å². The Labute approximate surface area is 82.6 Å². The first kappa shape index (κ1) is 8.52. The molecule has 0 unspecified atom stereocenters. The van der Waals surface area contributed by atoms with Crippen molar-refractivity contribution in [2.24, 2.45) is 0 Å². The fourth-order valence-electron chi connectivity index (χ4n) is 1.41. The average molecular weight is 193 g/mol. The van der Waals surface area contributed by atoms with Gasteiger partial charge in [-0.15, -0.1) is 11.6 Å². The fraction of sp³-hybridized carbons (Fsp3) is 0.182.